The van der Waals surface area contributed by atoms with Gasteiger partial charge in [-0.3, -0.25) is 4.79 Å². The van der Waals surface area contributed by atoms with Crippen LogP contribution in [0, 0.1) is 5.92 Å². The molecule has 1 N–H and O–H groups in total. The first-order valence-corrected chi connectivity index (χ1v) is 7.33. The van der Waals surface area contributed by atoms with E-state index < -0.39 is 0 Å². The number of nitrogens with zero attached hydrogens (tertiary/aromatic N) is 2. The van der Waals surface area contributed by atoms with Gasteiger partial charge in [-0.1, -0.05) is 6.92 Å². The Bertz CT molecular complexity index is 271. The molecule has 1 aliphatic heterocycles. The molecule has 1 aliphatic rings. The van der Waals surface area contributed by atoms with Crippen LogP contribution in [-0.4, -0.2) is 75.7 Å². The second-order valence-electron chi connectivity index (χ2n) is 5.43. The van der Waals surface area contributed by atoms with Crippen molar-refractivity contribution in [3.8, 4) is 0 Å². The number of hydrogen-bond acceptors (Lipinski definition) is 4. The molecule has 1 unspecified atom stereocenters. The lowest BCUT2D eigenvalue weighted by Gasteiger charge is -2.21. The van der Waals surface area contributed by atoms with E-state index in [0.29, 0.717) is 19.1 Å². The summed E-state index contributed by atoms with van der Waals surface area (Å²) < 4.78 is 4.94. The largest absolute Gasteiger partial charge is 0.383 e. The summed E-state index contributed by atoms with van der Waals surface area (Å²) in [5.74, 6) is 0.858. The predicted octanol–water partition coefficient (Wildman–Crippen LogP) is 1.26. The molecule has 0 saturated carbocycles. The zero-order chi connectivity index (χ0) is 14.1. The monoisotopic (exact) mass is 343 g/mol. The fraction of sp³-hybridized carbons (Fsp3) is 0.929. The van der Waals surface area contributed by atoms with Gasteiger partial charge >= 0.3 is 0 Å². The summed E-state index contributed by atoms with van der Waals surface area (Å²) in [6.07, 6.45) is 2.33. The Balaban J connectivity index is 0. The number of hydrogen-bond donors (Lipinski definition) is 1. The Morgan fingerprint density at radius 2 is 2.14 bits per heavy atom. The van der Waals surface area contributed by atoms with E-state index in [-0.39, 0.29) is 30.7 Å². The maximum Gasteiger partial charge on any atom is 0.236 e. The second kappa shape index (κ2) is 13.6. The number of halogens is 2. The summed E-state index contributed by atoms with van der Waals surface area (Å²) in [6.45, 7) is 8.09. The lowest BCUT2D eigenvalue weighted by molar-refractivity contribution is -0.129. The number of rotatable bonds is 9. The number of methoxy groups -OCH3 is 1. The highest BCUT2D eigenvalue weighted by molar-refractivity contribution is 5.85. The van der Waals surface area contributed by atoms with E-state index in [4.69, 9.17) is 4.74 Å². The van der Waals surface area contributed by atoms with Crippen LogP contribution in [0.1, 0.15) is 19.8 Å². The number of nitrogens with one attached hydrogen (secondary N) is 1. The minimum atomic E-state index is 0. The van der Waals surface area contributed by atoms with E-state index in [1.807, 2.05) is 4.90 Å². The van der Waals surface area contributed by atoms with Gasteiger partial charge in [-0.15, -0.1) is 24.8 Å². The van der Waals surface area contributed by atoms with Crippen molar-refractivity contribution in [1.82, 2.24) is 15.1 Å². The number of carbonyl (C=O) groups is 1. The summed E-state index contributed by atoms with van der Waals surface area (Å²) in [7, 11) is 3.83. The molecular weight excluding hydrogens is 313 g/mol. The van der Waals surface area contributed by atoms with E-state index in [2.05, 4.69) is 24.2 Å². The summed E-state index contributed by atoms with van der Waals surface area (Å²) in [5, 5.41) is 3.11. The van der Waals surface area contributed by atoms with Gasteiger partial charge in [-0.05, 0) is 32.4 Å². The van der Waals surface area contributed by atoms with Crippen molar-refractivity contribution < 1.29 is 9.53 Å². The molecule has 128 valence electrons. The molecule has 1 amide bonds. The molecule has 0 aromatic rings. The van der Waals surface area contributed by atoms with Crippen molar-refractivity contribution in [1.29, 1.82) is 0 Å². The summed E-state index contributed by atoms with van der Waals surface area (Å²) >= 11 is 0. The lowest BCUT2D eigenvalue weighted by atomic mass is 10.1. The maximum absolute atomic E-state index is 12.0. The molecule has 0 aliphatic carbocycles. The molecule has 1 rings (SSSR count). The molecule has 1 saturated heterocycles. The molecule has 5 nitrogen and oxygen atoms in total. The summed E-state index contributed by atoms with van der Waals surface area (Å²) in [6, 6.07) is 0. The fourth-order valence-corrected chi connectivity index (χ4v) is 2.60. The van der Waals surface area contributed by atoms with Gasteiger partial charge in [0.05, 0.1) is 13.2 Å². The van der Waals surface area contributed by atoms with Crippen LogP contribution in [0.15, 0.2) is 0 Å². The number of amides is 1. The Hall–Kier alpha value is -0.0700. The standard InChI is InChI=1S/C14H29N3O2.2ClH/c1-4-7-16(2)11-13-5-8-17(12-13)14(18)10-15-6-9-19-3;;/h13,15H,4-12H2,1-3H3;2*1H. The van der Waals surface area contributed by atoms with E-state index in [1.54, 1.807) is 7.11 Å². The lowest BCUT2D eigenvalue weighted by Crippen LogP contribution is -2.38. The molecule has 0 radical (unpaired) electrons. The first kappa shape index (κ1) is 23.2. The normalized spacial score (nSPS) is 17.5. The highest BCUT2D eigenvalue weighted by Gasteiger charge is 2.26. The maximum atomic E-state index is 12.0. The Morgan fingerprint density at radius 1 is 1.43 bits per heavy atom. The minimum Gasteiger partial charge on any atom is -0.383 e. The van der Waals surface area contributed by atoms with Gasteiger partial charge in [-0.2, -0.15) is 0 Å². The van der Waals surface area contributed by atoms with Crippen LogP contribution < -0.4 is 5.32 Å². The number of likely N-dealkylation sites (tertiary alicyclic amines) is 1. The third-order valence-corrected chi connectivity index (χ3v) is 3.57. The molecule has 1 atom stereocenters. The van der Waals surface area contributed by atoms with E-state index >= 15 is 0 Å². The molecule has 21 heavy (non-hydrogen) atoms. The van der Waals surface area contributed by atoms with E-state index in [0.717, 1.165) is 39.1 Å². The molecular formula is C14H31Cl2N3O2. The van der Waals surface area contributed by atoms with Crippen molar-refractivity contribution in [2.75, 3.05) is 60.0 Å². The third-order valence-electron chi connectivity index (χ3n) is 3.57. The number of carbonyl (C=O) groups excluding carboxylic acids is 1. The SMILES string of the molecule is CCCN(C)CC1CCN(C(=O)CNCCOC)C1.Cl.Cl. The first-order valence-electron chi connectivity index (χ1n) is 7.33. The molecule has 0 spiro atoms. The van der Waals surface area contributed by atoms with Gasteiger partial charge in [0.25, 0.3) is 0 Å². The zero-order valence-corrected chi connectivity index (χ0v) is 15.1. The molecule has 7 heteroatoms. The van der Waals surface area contributed by atoms with Gasteiger partial charge in [0, 0.05) is 33.3 Å². The Labute approximate surface area is 141 Å². The van der Waals surface area contributed by atoms with Crippen molar-refractivity contribution in [3.63, 3.8) is 0 Å². The van der Waals surface area contributed by atoms with Crippen LogP contribution in [0.3, 0.4) is 0 Å². The van der Waals surface area contributed by atoms with Crippen LogP contribution in [-0.2, 0) is 9.53 Å². The van der Waals surface area contributed by atoms with Gasteiger partial charge in [-0.25, -0.2) is 0 Å². The van der Waals surface area contributed by atoms with Gasteiger partial charge in [0.1, 0.15) is 0 Å². The fourth-order valence-electron chi connectivity index (χ4n) is 2.60. The second-order valence-corrected chi connectivity index (χ2v) is 5.43. The topological polar surface area (TPSA) is 44.8 Å². The molecule has 0 bridgehead atoms. The Kier molecular flexibility index (Phi) is 15.0. The van der Waals surface area contributed by atoms with Crippen molar-refractivity contribution in [2.24, 2.45) is 5.92 Å². The van der Waals surface area contributed by atoms with Gasteiger partial charge < -0.3 is 19.9 Å². The van der Waals surface area contributed by atoms with Crippen LogP contribution in [0.2, 0.25) is 0 Å². The molecule has 0 aromatic carbocycles. The molecule has 0 aromatic heterocycles. The first-order chi connectivity index (χ1) is 9.17. The molecule has 1 heterocycles. The predicted molar refractivity (Wildman–Crippen MR) is 91.7 cm³/mol. The quantitative estimate of drug-likeness (QED) is 0.640. The van der Waals surface area contributed by atoms with Crippen LogP contribution in [0.5, 0.6) is 0 Å². The molecule has 1 fully saturated rings. The van der Waals surface area contributed by atoms with Crippen LogP contribution >= 0.6 is 24.8 Å². The highest BCUT2D eigenvalue weighted by atomic mass is 35.5. The van der Waals surface area contributed by atoms with E-state index in [9.17, 15) is 4.79 Å². The van der Waals surface area contributed by atoms with Crippen LogP contribution in [0.4, 0.5) is 0 Å². The van der Waals surface area contributed by atoms with Gasteiger partial charge in [0.15, 0.2) is 0 Å². The minimum absolute atomic E-state index is 0. The Morgan fingerprint density at radius 3 is 2.76 bits per heavy atom. The van der Waals surface area contributed by atoms with Crippen molar-refractivity contribution in [3.05, 3.63) is 0 Å². The smallest absolute Gasteiger partial charge is 0.236 e. The van der Waals surface area contributed by atoms with Gasteiger partial charge in [0.2, 0.25) is 5.91 Å². The summed E-state index contributed by atoms with van der Waals surface area (Å²) in [4.78, 5) is 16.3. The zero-order valence-electron chi connectivity index (χ0n) is 13.5. The highest BCUT2D eigenvalue weighted by Crippen LogP contribution is 2.17. The average Bonchev–Trinajstić information content (AvgIpc) is 2.83. The third kappa shape index (κ3) is 9.53. The van der Waals surface area contributed by atoms with Crippen molar-refractivity contribution >= 4 is 30.7 Å². The summed E-state index contributed by atoms with van der Waals surface area (Å²) in [5.41, 5.74) is 0. The average molecular weight is 344 g/mol. The van der Waals surface area contributed by atoms with E-state index in [1.165, 1.54) is 6.42 Å². The van der Waals surface area contributed by atoms with Crippen molar-refractivity contribution in [2.45, 2.75) is 19.8 Å². The van der Waals surface area contributed by atoms with Crippen LogP contribution in [0.25, 0.3) is 0 Å². The number of ether oxygens (including phenoxy) is 1.